The van der Waals surface area contributed by atoms with Gasteiger partial charge in [-0.2, -0.15) is 0 Å². The Balaban J connectivity index is 1.49. The van der Waals surface area contributed by atoms with Crippen molar-refractivity contribution in [2.75, 3.05) is 19.6 Å². The standard InChI is InChI=1S/C17H30N2/c1-11(2)16-10-19(4-3-18-16)17-14-6-12-5-13(8-14)9-15(17)7-12/h11-18H,3-10H2,1-2H3. The summed E-state index contributed by atoms with van der Waals surface area (Å²) in [5, 5.41) is 3.73. The van der Waals surface area contributed by atoms with Crippen molar-refractivity contribution in [3.05, 3.63) is 0 Å². The minimum absolute atomic E-state index is 0.728. The van der Waals surface area contributed by atoms with E-state index in [0.29, 0.717) is 0 Å². The molecule has 0 radical (unpaired) electrons. The molecule has 1 unspecified atom stereocenters. The van der Waals surface area contributed by atoms with Crippen LogP contribution in [0.2, 0.25) is 0 Å². The van der Waals surface area contributed by atoms with Crippen LogP contribution in [-0.2, 0) is 0 Å². The smallest absolute Gasteiger partial charge is 0.0218 e. The van der Waals surface area contributed by atoms with Crippen LogP contribution in [-0.4, -0.2) is 36.6 Å². The maximum absolute atomic E-state index is 3.73. The third kappa shape index (κ3) is 2.15. The highest BCUT2D eigenvalue weighted by Crippen LogP contribution is 2.55. The summed E-state index contributed by atoms with van der Waals surface area (Å²) in [4.78, 5) is 2.90. The Bertz CT molecular complexity index is 310. The molecule has 0 spiro atoms. The van der Waals surface area contributed by atoms with E-state index in [4.69, 9.17) is 0 Å². The minimum atomic E-state index is 0.728. The van der Waals surface area contributed by atoms with Crippen LogP contribution in [0.4, 0.5) is 0 Å². The van der Waals surface area contributed by atoms with Crippen LogP contribution in [0.3, 0.4) is 0 Å². The molecule has 1 heterocycles. The van der Waals surface area contributed by atoms with E-state index in [-0.39, 0.29) is 0 Å². The molecular formula is C17H30N2. The molecular weight excluding hydrogens is 232 g/mol. The molecule has 1 saturated heterocycles. The van der Waals surface area contributed by atoms with Gasteiger partial charge in [-0.15, -0.1) is 0 Å². The number of rotatable bonds is 2. The van der Waals surface area contributed by atoms with E-state index in [9.17, 15) is 0 Å². The molecule has 1 atom stereocenters. The average molecular weight is 262 g/mol. The summed E-state index contributed by atoms with van der Waals surface area (Å²) in [5.74, 6) is 5.12. The fraction of sp³-hybridized carbons (Fsp3) is 1.00. The van der Waals surface area contributed by atoms with Gasteiger partial charge in [-0.1, -0.05) is 13.8 Å². The highest BCUT2D eigenvalue weighted by atomic mass is 15.2. The average Bonchev–Trinajstić information content (AvgIpc) is 2.37. The van der Waals surface area contributed by atoms with Crippen molar-refractivity contribution in [1.82, 2.24) is 10.2 Å². The second-order valence-corrected chi connectivity index (χ2v) is 8.22. The topological polar surface area (TPSA) is 15.3 Å². The van der Waals surface area contributed by atoms with Gasteiger partial charge >= 0.3 is 0 Å². The van der Waals surface area contributed by atoms with Gasteiger partial charge in [0.15, 0.2) is 0 Å². The lowest BCUT2D eigenvalue weighted by Crippen LogP contribution is -2.62. The van der Waals surface area contributed by atoms with Crippen molar-refractivity contribution < 1.29 is 0 Å². The minimum Gasteiger partial charge on any atom is -0.311 e. The number of nitrogens with one attached hydrogen (secondary N) is 1. The summed E-state index contributed by atoms with van der Waals surface area (Å²) >= 11 is 0. The summed E-state index contributed by atoms with van der Waals surface area (Å²) in [5.41, 5.74) is 0. The third-order valence-corrected chi connectivity index (χ3v) is 6.64. The van der Waals surface area contributed by atoms with Crippen LogP contribution in [0.15, 0.2) is 0 Å². The van der Waals surface area contributed by atoms with Crippen molar-refractivity contribution in [2.45, 2.75) is 58.0 Å². The molecule has 108 valence electrons. The number of hydrogen-bond donors (Lipinski definition) is 1. The Morgan fingerprint density at radius 3 is 2.16 bits per heavy atom. The van der Waals surface area contributed by atoms with Crippen LogP contribution in [0.1, 0.15) is 46.0 Å². The Hall–Kier alpha value is -0.0800. The first-order valence-corrected chi connectivity index (χ1v) is 8.68. The van der Waals surface area contributed by atoms with E-state index in [0.717, 1.165) is 41.7 Å². The first-order chi connectivity index (χ1) is 9.20. The predicted octanol–water partition coefficient (Wildman–Crippen LogP) is 2.74. The second-order valence-electron chi connectivity index (χ2n) is 8.22. The molecule has 4 bridgehead atoms. The number of piperazine rings is 1. The van der Waals surface area contributed by atoms with Gasteiger partial charge in [0.2, 0.25) is 0 Å². The van der Waals surface area contributed by atoms with Crippen LogP contribution in [0.25, 0.3) is 0 Å². The summed E-state index contributed by atoms with van der Waals surface area (Å²) in [7, 11) is 0. The lowest BCUT2D eigenvalue weighted by atomic mass is 9.53. The molecule has 19 heavy (non-hydrogen) atoms. The Labute approximate surface area is 118 Å². The van der Waals surface area contributed by atoms with Crippen LogP contribution < -0.4 is 5.32 Å². The quantitative estimate of drug-likeness (QED) is 0.823. The Morgan fingerprint density at radius 2 is 1.58 bits per heavy atom. The zero-order valence-electron chi connectivity index (χ0n) is 12.6. The van der Waals surface area contributed by atoms with Crippen molar-refractivity contribution in [3.8, 4) is 0 Å². The molecule has 5 aliphatic rings. The zero-order chi connectivity index (χ0) is 13.0. The lowest BCUT2D eigenvalue weighted by Gasteiger charge is -2.58. The molecule has 0 amide bonds. The molecule has 2 nitrogen and oxygen atoms in total. The molecule has 4 saturated carbocycles. The summed E-state index contributed by atoms with van der Waals surface area (Å²) in [6.07, 6.45) is 7.83. The second kappa shape index (κ2) is 4.73. The Morgan fingerprint density at radius 1 is 0.947 bits per heavy atom. The molecule has 0 aromatic rings. The van der Waals surface area contributed by atoms with E-state index in [1.807, 2.05) is 0 Å². The number of nitrogens with zero attached hydrogens (tertiary/aromatic N) is 1. The van der Waals surface area contributed by atoms with Gasteiger partial charge in [0.1, 0.15) is 0 Å². The van der Waals surface area contributed by atoms with Gasteiger partial charge in [0.25, 0.3) is 0 Å². The van der Waals surface area contributed by atoms with Gasteiger partial charge in [0.05, 0.1) is 0 Å². The zero-order valence-corrected chi connectivity index (χ0v) is 12.6. The van der Waals surface area contributed by atoms with E-state index in [1.54, 1.807) is 32.1 Å². The van der Waals surface area contributed by atoms with Gasteiger partial charge in [-0.25, -0.2) is 0 Å². The summed E-state index contributed by atoms with van der Waals surface area (Å²) in [6.45, 7) is 8.57. The van der Waals surface area contributed by atoms with Crippen molar-refractivity contribution in [2.24, 2.45) is 29.6 Å². The molecule has 1 N–H and O–H groups in total. The summed E-state index contributed by atoms with van der Waals surface area (Å²) < 4.78 is 0. The SMILES string of the molecule is CC(C)C1CN(C2C3CC4CC(C3)CC2C4)CCN1. The predicted molar refractivity (Wildman–Crippen MR) is 79.0 cm³/mol. The highest BCUT2D eigenvalue weighted by molar-refractivity contribution is 5.03. The van der Waals surface area contributed by atoms with Crippen LogP contribution >= 0.6 is 0 Å². The van der Waals surface area contributed by atoms with Crippen LogP contribution in [0, 0.1) is 29.6 Å². The Kier molecular flexibility index (Phi) is 3.15. The van der Waals surface area contributed by atoms with E-state index >= 15 is 0 Å². The largest absolute Gasteiger partial charge is 0.311 e. The van der Waals surface area contributed by atoms with E-state index in [1.165, 1.54) is 19.6 Å². The van der Waals surface area contributed by atoms with Crippen molar-refractivity contribution in [1.29, 1.82) is 0 Å². The van der Waals surface area contributed by atoms with Gasteiger partial charge < -0.3 is 5.32 Å². The van der Waals surface area contributed by atoms with E-state index < -0.39 is 0 Å². The maximum atomic E-state index is 3.73. The summed E-state index contributed by atoms with van der Waals surface area (Å²) in [6, 6.07) is 1.68. The maximum Gasteiger partial charge on any atom is 0.0218 e. The van der Waals surface area contributed by atoms with Crippen molar-refractivity contribution >= 4 is 0 Å². The molecule has 2 heteroatoms. The molecule has 0 aromatic carbocycles. The lowest BCUT2D eigenvalue weighted by molar-refractivity contribution is -0.0737. The fourth-order valence-electron chi connectivity index (χ4n) is 6.01. The molecule has 4 aliphatic carbocycles. The van der Waals surface area contributed by atoms with Crippen molar-refractivity contribution in [3.63, 3.8) is 0 Å². The first-order valence-electron chi connectivity index (χ1n) is 8.68. The molecule has 5 rings (SSSR count). The number of hydrogen-bond acceptors (Lipinski definition) is 2. The van der Waals surface area contributed by atoms with Gasteiger partial charge in [-0.05, 0) is 61.7 Å². The normalized spacial score (nSPS) is 50.1. The fourth-order valence-corrected chi connectivity index (χ4v) is 6.01. The monoisotopic (exact) mass is 262 g/mol. The third-order valence-electron chi connectivity index (χ3n) is 6.64. The van der Waals surface area contributed by atoms with E-state index in [2.05, 4.69) is 24.1 Å². The first kappa shape index (κ1) is 12.6. The molecule has 5 fully saturated rings. The van der Waals surface area contributed by atoms with Crippen LogP contribution in [0.5, 0.6) is 0 Å². The molecule has 0 aromatic heterocycles. The highest BCUT2D eigenvalue weighted by Gasteiger charge is 2.50. The van der Waals surface area contributed by atoms with Gasteiger partial charge in [0, 0.05) is 31.7 Å². The molecule has 1 aliphatic heterocycles. The van der Waals surface area contributed by atoms with Gasteiger partial charge in [-0.3, -0.25) is 4.90 Å².